The van der Waals surface area contributed by atoms with Gasteiger partial charge in [-0.3, -0.25) is 0 Å². The van der Waals surface area contributed by atoms with Crippen molar-refractivity contribution in [1.82, 2.24) is 4.98 Å². The van der Waals surface area contributed by atoms with Crippen LogP contribution in [-0.4, -0.2) is 11.5 Å². The van der Waals surface area contributed by atoms with E-state index in [9.17, 15) is 0 Å². The Bertz CT molecular complexity index is 454. The van der Waals surface area contributed by atoms with Gasteiger partial charge in [-0.05, 0) is 30.5 Å². The number of fused-ring (bicyclic) bond motifs is 1. The molecule has 0 saturated carbocycles. The number of aromatic nitrogens is 1. The average Bonchev–Trinajstić information content (AvgIpc) is 2.19. The highest BCUT2D eigenvalue weighted by molar-refractivity contribution is 9.10. The maximum absolute atomic E-state index is 4.31. The first kappa shape index (κ1) is 9.46. The molecule has 1 heterocycles. The topological polar surface area (TPSA) is 24.9 Å². The summed E-state index contributed by atoms with van der Waals surface area (Å²) in [4.78, 5) is 4.31. The SMILES string of the molecule is CCNc1nccc2ccc(Br)cc12. The van der Waals surface area contributed by atoms with Crippen molar-refractivity contribution in [1.29, 1.82) is 0 Å². The number of nitrogens with zero attached hydrogens (tertiary/aromatic N) is 1. The van der Waals surface area contributed by atoms with Crippen molar-refractivity contribution in [3.8, 4) is 0 Å². The van der Waals surface area contributed by atoms with Crippen LogP contribution in [0.4, 0.5) is 5.82 Å². The number of nitrogens with one attached hydrogen (secondary N) is 1. The Kier molecular flexibility index (Phi) is 2.68. The van der Waals surface area contributed by atoms with Crippen molar-refractivity contribution in [2.45, 2.75) is 6.92 Å². The molecule has 0 radical (unpaired) electrons. The van der Waals surface area contributed by atoms with E-state index in [1.54, 1.807) is 0 Å². The molecule has 0 aliphatic heterocycles. The molecule has 2 aromatic rings. The van der Waals surface area contributed by atoms with E-state index in [2.05, 4.69) is 45.3 Å². The number of hydrogen-bond donors (Lipinski definition) is 1. The minimum atomic E-state index is 0.888. The summed E-state index contributed by atoms with van der Waals surface area (Å²) in [6.07, 6.45) is 1.83. The molecular weight excluding hydrogens is 240 g/mol. The van der Waals surface area contributed by atoms with Crippen LogP contribution in [0.5, 0.6) is 0 Å². The monoisotopic (exact) mass is 250 g/mol. The third-order valence-corrected chi connectivity index (χ3v) is 2.57. The lowest BCUT2D eigenvalue weighted by atomic mass is 10.1. The van der Waals surface area contributed by atoms with E-state index >= 15 is 0 Å². The molecule has 0 aliphatic rings. The van der Waals surface area contributed by atoms with Crippen molar-refractivity contribution in [3.63, 3.8) is 0 Å². The summed E-state index contributed by atoms with van der Waals surface area (Å²) in [5, 5.41) is 5.61. The van der Waals surface area contributed by atoms with E-state index in [0.717, 1.165) is 22.2 Å². The molecule has 1 aromatic heterocycles. The summed E-state index contributed by atoms with van der Waals surface area (Å²) < 4.78 is 1.08. The molecule has 3 heteroatoms. The number of hydrogen-bond acceptors (Lipinski definition) is 2. The molecule has 0 fully saturated rings. The van der Waals surface area contributed by atoms with Crippen LogP contribution in [-0.2, 0) is 0 Å². The van der Waals surface area contributed by atoms with Gasteiger partial charge in [-0.15, -0.1) is 0 Å². The number of rotatable bonds is 2. The fraction of sp³-hybridized carbons (Fsp3) is 0.182. The average molecular weight is 251 g/mol. The lowest BCUT2D eigenvalue weighted by Gasteiger charge is -2.06. The van der Waals surface area contributed by atoms with Crippen LogP contribution in [0, 0.1) is 0 Å². The highest BCUT2D eigenvalue weighted by Crippen LogP contribution is 2.24. The minimum absolute atomic E-state index is 0.888. The number of benzene rings is 1. The minimum Gasteiger partial charge on any atom is -0.370 e. The summed E-state index contributed by atoms with van der Waals surface area (Å²) in [7, 11) is 0. The molecule has 72 valence electrons. The van der Waals surface area contributed by atoms with Crippen molar-refractivity contribution in [2.75, 3.05) is 11.9 Å². The first-order valence-electron chi connectivity index (χ1n) is 4.59. The van der Waals surface area contributed by atoms with Crippen LogP contribution in [0.1, 0.15) is 6.92 Å². The van der Waals surface area contributed by atoms with Crippen LogP contribution in [0.3, 0.4) is 0 Å². The van der Waals surface area contributed by atoms with E-state index in [-0.39, 0.29) is 0 Å². The zero-order valence-corrected chi connectivity index (χ0v) is 9.51. The van der Waals surface area contributed by atoms with Gasteiger partial charge in [-0.2, -0.15) is 0 Å². The quantitative estimate of drug-likeness (QED) is 0.884. The molecule has 0 aliphatic carbocycles. The molecule has 0 unspecified atom stereocenters. The fourth-order valence-electron chi connectivity index (χ4n) is 1.45. The van der Waals surface area contributed by atoms with E-state index in [4.69, 9.17) is 0 Å². The standard InChI is InChI=1S/C11H11BrN2/c1-2-13-11-10-7-9(12)4-3-8(10)5-6-14-11/h3-7H,2H2,1H3,(H,13,14). The first-order chi connectivity index (χ1) is 6.81. The lowest BCUT2D eigenvalue weighted by molar-refractivity contribution is 1.17. The normalized spacial score (nSPS) is 10.4. The van der Waals surface area contributed by atoms with E-state index in [1.165, 1.54) is 5.39 Å². The third kappa shape index (κ3) is 1.73. The fourth-order valence-corrected chi connectivity index (χ4v) is 1.81. The zero-order chi connectivity index (χ0) is 9.97. The van der Waals surface area contributed by atoms with E-state index in [0.29, 0.717) is 0 Å². The number of anilines is 1. The highest BCUT2D eigenvalue weighted by atomic mass is 79.9. The Balaban J connectivity index is 2.64. The molecule has 0 atom stereocenters. The molecule has 0 amide bonds. The molecule has 0 spiro atoms. The van der Waals surface area contributed by atoms with Gasteiger partial charge in [0, 0.05) is 22.6 Å². The van der Waals surface area contributed by atoms with Gasteiger partial charge in [0.1, 0.15) is 5.82 Å². The molecule has 14 heavy (non-hydrogen) atoms. The summed E-state index contributed by atoms with van der Waals surface area (Å²) in [6.45, 7) is 2.96. The van der Waals surface area contributed by atoms with Gasteiger partial charge >= 0.3 is 0 Å². The van der Waals surface area contributed by atoms with Crippen LogP contribution >= 0.6 is 15.9 Å². The van der Waals surface area contributed by atoms with Crippen molar-refractivity contribution in [3.05, 3.63) is 34.9 Å². The predicted octanol–water partition coefficient (Wildman–Crippen LogP) is 3.43. The molecular formula is C11H11BrN2. The van der Waals surface area contributed by atoms with Crippen LogP contribution in [0.2, 0.25) is 0 Å². The number of halogens is 1. The highest BCUT2D eigenvalue weighted by Gasteiger charge is 2.00. The van der Waals surface area contributed by atoms with Crippen molar-refractivity contribution in [2.24, 2.45) is 0 Å². The summed E-state index contributed by atoms with van der Waals surface area (Å²) in [5.74, 6) is 0.950. The van der Waals surface area contributed by atoms with Crippen molar-refractivity contribution >= 4 is 32.5 Å². The summed E-state index contributed by atoms with van der Waals surface area (Å²) >= 11 is 3.46. The van der Waals surface area contributed by atoms with Gasteiger partial charge in [0.05, 0.1) is 0 Å². The Hall–Kier alpha value is -1.09. The Morgan fingerprint density at radius 1 is 1.36 bits per heavy atom. The lowest BCUT2D eigenvalue weighted by Crippen LogP contribution is -1.99. The Morgan fingerprint density at radius 3 is 3.00 bits per heavy atom. The molecule has 0 saturated heterocycles. The summed E-state index contributed by atoms with van der Waals surface area (Å²) in [5.41, 5.74) is 0. The molecule has 1 N–H and O–H groups in total. The van der Waals surface area contributed by atoms with Gasteiger partial charge in [-0.1, -0.05) is 22.0 Å². The summed E-state index contributed by atoms with van der Waals surface area (Å²) in [6, 6.07) is 8.23. The zero-order valence-electron chi connectivity index (χ0n) is 7.92. The molecule has 2 rings (SSSR count). The van der Waals surface area contributed by atoms with Crippen molar-refractivity contribution < 1.29 is 0 Å². The van der Waals surface area contributed by atoms with Crippen LogP contribution in [0.25, 0.3) is 10.8 Å². The second-order valence-electron chi connectivity index (χ2n) is 3.06. The molecule has 2 nitrogen and oxygen atoms in total. The predicted molar refractivity (Wildman–Crippen MR) is 63.6 cm³/mol. The van der Waals surface area contributed by atoms with Crippen LogP contribution < -0.4 is 5.32 Å². The molecule has 1 aromatic carbocycles. The largest absolute Gasteiger partial charge is 0.370 e. The molecule has 0 bridgehead atoms. The van der Waals surface area contributed by atoms with Gasteiger partial charge < -0.3 is 5.32 Å². The Labute approximate surface area is 91.5 Å². The maximum Gasteiger partial charge on any atom is 0.133 e. The second kappa shape index (κ2) is 3.96. The first-order valence-corrected chi connectivity index (χ1v) is 5.38. The van der Waals surface area contributed by atoms with Crippen LogP contribution in [0.15, 0.2) is 34.9 Å². The van der Waals surface area contributed by atoms with Gasteiger partial charge in [0.15, 0.2) is 0 Å². The smallest absolute Gasteiger partial charge is 0.133 e. The van der Waals surface area contributed by atoms with E-state index in [1.807, 2.05) is 18.3 Å². The number of pyridine rings is 1. The second-order valence-corrected chi connectivity index (χ2v) is 3.97. The van der Waals surface area contributed by atoms with Gasteiger partial charge in [0.25, 0.3) is 0 Å². The Morgan fingerprint density at radius 2 is 2.21 bits per heavy atom. The van der Waals surface area contributed by atoms with Gasteiger partial charge in [-0.25, -0.2) is 4.98 Å². The maximum atomic E-state index is 4.31. The third-order valence-electron chi connectivity index (χ3n) is 2.07. The van der Waals surface area contributed by atoms with E-state index < -0.39 is 0 Å². The van der Waals surface area contributed by atoms with Gasteiger partial charge in [0.2, 0.25) is 0 Å².